The SMILES string of the molecule is C=C(C)CNc1ccc(Br)c(OC)c1. The molecule has 0 amide bonds. The van der Waals surface area contributed by atoms with E-state index in [2.05, 4.69) is 27.8 Å². The Kier molecular flexibility index (Phi) is 4.01. The molecule has 3 heteroatoms. The van der Waals surface area contributed by atoms with Crippen molar-refractivity contribution in [2.24, 2.45) is 0 Å². The molecule has 2 nitrogen and oxygen atoms in total. The van der Waals surface area contributed by atoms with E-state index in [9.17, 15) is 0 Å². The number of nitrogens with one attached hydrogen (secondary N) is 1. The Morgan fingerprint density at radius 3 is 2.86 bits per heavy atom. The minimum Gasteiger partial charge on any atom is -0.495 e. The van der Waals surface area contributed by atoms with E-state index in [-0.39, 0.29) is 0 Å². The quantitative estimate of drug-likeness (QED) is 0.833. The van der Waals surface area contributed by atoms with Gasteiger partial charge in [0.05, 0.1) is 11.6 Å². The van der Waals surface area contributed by atoms with Gasteiger partial charge in [-0.2, -0.15) is 0 Å². The van der Waals surface area contributed by atoms with Gasteiger partial charge in [-0.25, -0.2) is 0 Å². The maximum Gasteiger partial charge on any atom is 0.135 e. The molecular weight excluding hydrogens is 242 g/mol. The van der Waals surface area contributed by atoms with Gasteiger partial charge in [0, 0.05) is 18.3 Å². The van der Waals surface area contributed by atoms with Crippen LogP contribution in [-0.2, 0) is 0 Å². The first-order chi connectivity index (χ1) is 6.63. The molecule has 0 unspecified atom stereocenters. The van der Waals surface area contributed by atoms with Gasteiger partial charge in [-0.1, -0.05) is 12.2 Å². The molecule has 0 aliphatic heterocycles. The Morgan fingerprint density at radius 2 is 2.29 bits per heavy atom. The number of halogens is 1. The summed E-state index contributed by atoms with van der Waals surface area (Å²) in [6.07, 6.45) is 0. The van der Waals surface area contributed by atoms with E-state index in [4.69, 9.17) is 4.74 Å². The lowest BCUT2D eigenvalue weighted by atomic mass is 10.3. The first kappa shape index (κ1) is 11.1. The zero-order valence-corrected chi connectivity index (χ0v) is 10.0. The summed E-state index contributed by atoms with van der Waals surface area (Å²) in [5.74, 6) is 0.830. The van der Waals surface area contributed by atoms with Crippen LogP contribution >= 0.6 is 15.9 Å². The summed E-state index contributed by atoms with van der Waals surface area (Å²) in [4.78, 5) is 0. The van der Waals surface area contributed by atoms with Crippen molar-refractivity contribution >= 4 is 21.6 Å². The van der Waals surface area contributed by atoms with E-state index in [1.165, 1.54) is 0 Å². The smallest absolute Gasteiger partial charge is 0.135 e. The predicted molar refractivity (Wildman–Crippen MR) is 64.0 cm³/mol. The summed E-state index contributed by atoms with van der Waals surface area (Å²) in [6.45, 7) is 6.60. The highest BCUT2D eigenvalue weighted by Crippen LogP contribution is 2.27. The minimum absolute atomic E-state index is 0.783. The van der Waals surface area contributed by atoms with E-state index in [1.807, 2.05) is 25.1 Å². The average Bonchev–Trinajstić information content (AvgIpc) is 2.16. The second-order valence-corrected chi connectivity index (χ2v) is 4.01. The Bertz CT molecular complexity index is 336. The van der Waals surface area contributed by atoms with E-state index >= 15 is 0 Å². The predicted octanol–water partition coefficient (Wildman–Crippen LogP) is 3.45. The van der Waals surface area contributed by atoms with Gasteiger partial charge < -0.3 is 10.1 Å². The minimum atomic E-state index is 0.783. The molecule has 0 radical (unpaired) electrons. The van der Waals surface area contributed by atoms with Crippen molar-refractivity contribution in [1.29, 1.82) is 0 Å². The normalized spacial score (nSPS) is 9.64. The molecule has 1 aromatic rings. The summed E-state index contributed by atoms with van der Waals surface area (Å²) < 4.78 is 6.14. The van der Waals surface area contributed by atoms with Crippen molar-refractivity contribution in [2.75, 3.05) is 19.0 Å². The van der Waals surface area contributed by atoms with Crippen molar-refractivity contribution in [2.45, 2.75) is 6.92 Å². The molecule has 76 valence electrons. The molecule has 0 aliphatic carbocycles. The highest BCUT2D eigenvalue weighted by Gasteiger charge is 2.00. The molecule has 0 bridgehead atoms. The zero-order chi connectivity index (χ0) is 10.6. The van der Waals surface area contributed by atoms with Gasteiger partial charge in [0.25, 0.3) is 0 Å². The van der Waals surface area contributed by atoms with Crippen LogP contribution in [0, 0.1) is 0 Å². The number of anilines is 1. The van der Waals surface area contributed by atoms with Crippen molar-refractivity contribution in [3.05, 3.63) is 34.8 Å². The van der Waals surface area contributed by atoms with E-state index in [0.29, 0.717) is 0 Å². The summed E-state index contributed by atoms with van der Waals surface area (Å²) >= 11 is 3.40. The van der Waals surface area contributed by atoms with Crippen LogP contribution in [0.2, 0.25) is 0 Å². The molecule has 0 aliphatic rings. The Hall–Kier alpha value is -0.960. The van der Waals surface area contributed by atoms with Crippen LogP contribution in [0.3, 0.4) is 0 Å². The van der Waals surface area contributed by atoms with Gasteiger partial charge in [-0.15, -0.1) is 0 Å². The van der Waals surface area contributed by atoms with Gasteiger partial charge in [0.1, 0.15) is 5.75 Å². The van der Waals surface area contributed by atoms with Gasteiger partial charge >= 0.3 is 0 Å². The molecule has 1 N–H and O–H groups in total. The molecule has 1 aromatic carbocycles. The molecule has 0 atom stereocenters. The van der Waals surface area contributed by atoms with E-state index in [0.717, 1.165) is 28.0 Å². The van der Waals surface area contributed by atoms with Crippen LogP contribution < -0.4 is 10.1 Å². The summed E-state index contributed by atoms with van der Waals surface area (Å²) in [5.41, 5.74) is 2.14. The standard InChI is InChI=1S/C11H14BrNO/c1-8(2)7-13-9-4-5-10(12)11(6-9)14-3/h4-6,13H,1,7H2,2-3H3. The summed E-state index contributed by atoms with van der Waals surface area (Å²) in [6, 6.07) is 5.90. The topological polar surface area (TPSA) is 21.3 Å². The molecule has 0 spiro atoms. The number of ether oxygens (including phenoxy) is 1. The molecule has 0 aromatic heterocycles. The van der Waals surface area contributed by atoms with Gasteiger partial charge in [-0.3, -0.25) is 0 Å². The molecular formula is C11H14BrNO. The van der Waals surface area contributed by atoms with Crippen LogP contribution in [0.25, 0.3) is 0 Å². The fraction of sp³-hybridized carbons (Fsp3) is 0.273. The highest BCUT2D eigenvalue weighted by molar-refractivity contribution is 9.10. The van der Waals surface area contributed by atoms with Crippen molar-refractivity contribution in [1.82, 2.24) is 0 Å². The Labute approximate surface area is 93.1 Å². The number of methoxy groups -OCH3 is 1. The van der Waals surface area contributed by atoms with Crippen LogP contribution in [-0.4, -0.2) is 13.7 Å². The molecule has 0 fully saturated rings. The van der Waals surface area contributed by atoms with Crippen molar-refractivity contribution in [3.8, 4) is 5.75 Å². The highest BCUT2D eigenvalue weighted by atomic mass is 79.9. The zero-order valence-electron chi connectivity index (χ0n) is 8.43. The van der Waals surface area contributed by atoms with Crippen LogP contribution in [0.5, 0.6) is 5.75 Å². The summed E-state index contributed by atoms with van der Waals surface area (Å²) in [5, 5.41) is 3.25. The van der Waals surface area contributed by atoms with Crippen LogP contribution in [0.4, 0.5) is 5.69 Å². The van der Waals surface area contributed by atoms with Crippen LogP contribution in [0.15, 0.2) is 34.8 Å². The Morgan fingerprint density at radius 1 is 1.57 bits per heavy atom. The summed E-state index contributed by atoms with van der Waals surface area (Å²) in [7, 11) is 1.66. The molecule has 1 rings (SSSR count). The van der Waals surface area contributed by atoms with Crippen LogP contribution in [0.1, 0.15) is 6.92 Å². The average molecular weight is 256 g/mol. The second kappa shape index (κ2) is 5.05. The number of benzene rings is 1. The molecule has 14 heavy (non-hydrogen) atoms. The lowest BCUT2D eigenvalue weighted by molar-refractivity contribution is 0.412. The third-order valence-corrected chi connectivity index (χ3v) is 2.40. The molecule has 0 heterocycles. The lowest BCUT2D eigenvalue weighted by Gasteiger charge is -2.08. The van der Waals surface area contributed by atoms with Crippen molar-refractivity contribution < 1.29 is 4.74 Å². The van der Waals surface area contributed by atoms with Gasteiger partial charge in [-0.05, 0) is 35.0 Å². The number of hydrogen-bond donors (Lipinski definition) is 1. The largest absolute Gasteiger partial charge is 0.495 e. The van der Waals surface area contributed by atoms with E-state index in [1.54, 1.807) is 7.11 Å². The first-order valence-electron chi connectivity index (χ1n) is 4.35. The van der Waals surface area contributed by atoms with Gasteiger partial charge in [0.15, 0.2) is 0 Å². The monoisotopic (exact) mass is 255 g/mol. The number of rotatable bonds is 4. The Balaban J connectivity index is 2.74. The third kappa shape index (κ3) is 3.07. The van der Waals surface area contributed by atoms with Gasteiger partial charge in [0.2, 0.25) is 0 Å². The number of hydrogen-bond acceptors (Lipinski definition) is 2. The molecule has 0 saturated heterocycles. The second-order valence-electron chi connectivity index (χ2n) is 3.16. The first-order valence-corrected chi connectivity index (χ1v) is 5.14. The fourth-order valence-corrected chi connectivity index (χ4v) is 1.43. The maximum absolute atomic E-state index is 5.18. The maximum atomic E-state index is 5.18. The van der Waals surface area contributed by atoms with Crippen molar-refractivity contribution in [3.63, 3.8) is 0 Å². The fourth-order valence-electron chi connectivity index (χ4n) is 1.02. The third-order valence-electron chi connectivity index (χ3n) is 1.75. The lowest BCUT2D eigenvalue weighted by Crippen LogP contribution is -2.01. The molecule has 0 saturated carbocycles. The van der Waals surface area contributed by atoms with E-state index < -0.39 is 0 Å².